The molecule has 0 bridgehead atoms. The predicted octanol–water partition coefficient (Wildman–Crippen LogP) is 4.70. The van der Waals surface area contributed by atoms with E-state index in [1.165, 1.54) is 12.8 Å². The van der Waals surface area contributed by atoms with Crippen molar-refractivity contribution in [3.8, 4) is 0 Å². The second kappa shape index (κ2) is 8.54. The molecule has 22 heavy (non-hydrogen) atoms. The number of anilines is 2. The minimum atomic E-state index is -0.170. The van der Waals surface area contributed by atoms with Gasteiger partial charge in [-0.3, -0.25) is 9.78 Å². The van der Waals surface area contributed by atoms with Crippen molar-refractivity contribution >= 4 is 33.2 Å². The molecule has 0 fully saturated rings. The summed E-state index contributed by atoms with van der Waals surface area (Å²) in [7, 11) is 0. The molecule has 0 atom stereocenters. The van der Waals surface area contributed by atoms with Crippen molar-refractivity contribution in [1.29, 1.82) is 0 Å². The molecule has 1 amide bonds. The molecular weight excluding hydrogens is 342 g/mol. The summed E-state index contributed by atoms with van der Waals surface area (Å²) < 4.78 is 0.852. The van der Waals surface area contributed by atoms with Crippen LogP contribution in [0.15, 0.2) is 47.2 Å². The van der Waals surface area contributed by atoms with Crippen molar-refractivity contribution in [3.05, 3.63) is 52.8 Å². The summed E-state index contributed by atoms with van der Waals surface area (Å²) >= 11 is 3.42. The molecule has 0 aliphatic heterocycles. The third-order valence-electron chi connectivity index (χ3n) is 3.23. The Morgan fingerprint density at radius 2 is 2.05 bits per heavy atom. The number of carbonyl (C=O) groups is 1. The fourth-order valence-corrected chi connectivity index (χ4v) is 2.41. The van der Waals surface area contributed by atoms with Crippen molar-refractivity contribution in [1.82, 2.24) is 4.98 Å². The zero-order valence-corrected chi connectivity index (χ0v) is 14.2. The van der Waals surface area contributed by atoms with Gasteiger partial charge in [0.1, 0.15) is 0 Å². The standard InChI is InChI=1S/C17H20BrN3O/c1-2-3-6-9-20-14-10-13(11-19-12-14)17(22)21-16-8-5-4-7-15(16)18/h4-5,7-8,10-12,20H,2-3,6,9H2,1H3,(H,21,22). The molecule has 1 heterocycles. The quantitative estimate of drug-likeness (QED) is 0.702. The van der Waals surface area contributed by atoms with Crippen LogP contribution < -0.4 is 10.6 Å². The number of nitrogens with zero attached hydrogens (tertiary/aromatic N) is 1. The summed E-state index contributed by atoms with van der Waals surface area (Å²) in [5.74, 6) is -0.170. The second-order valence-electron chi connectivity index (χ2n) is 5.03. The lowest BCUT2D eigenvalue weighted by atomic mass is 10.2. The highest BCUT2D eigenvalue weighted by atomic mass is 79.9. The number of para-hydroxylation sites is 1. The first-order valence-corrected chi connectivity index (χ1v) is 8.25. The lowest BCUT2D eigenvalue weighted by molar-refractivity contribution is 0.102. The largest absolute Gasteiger partial charge is 0.384 e. The lowest BCUT2D eigenvalue weighted by Crippen LogP contribution is -2.13. The summed E-state index contributed by atoms with van der Waals surface area (Å²) in [6.45, 7) is 3.07. The first kappa shape index (κ1) is 16.5. The van der Waals surface area contributed by atoms with Gasteiger partial charge in [-0.1, -0.05) is 31.9 Å². The van der Waals surface area contributed by atoms with Gasteiger partial charge < -0.3 is 10.6 Å². The number of aromatic nitrogens is 1. The van der Waals surface area contributed by atoms with Crippen molar-refractivity contribution in [2.45, 2.75) is 26.2 Å². The number of hydrogen-bond donors (Lipinski definition) is 2. The Bertz CT molecular complexity index is 631. The van der Waals surface area contributed by atoms with Crippen LogP contribution >= 0.6 is 15.9 Å². The molecule has 0 aliphatic rings. The van der Waals surface area contributed by atoms with Crippen LogP contribution in [0.3, 0.4) is 0 Å². The van der Waals surface area contributed by atoms with Gasteiger partial charge in [0.25, 0.3) is 5.91 Å². The summed E-state index contributed by atoms with van der Waals surface area (Å²) in [6, 6.07) is 9.35. The van der Waals surface area contributed by atoms with Gasteiger partial charge in [0.2, 0.25) is 0 Å². The number of halogens is 1. The van der Waals surface area contributed by atoms with E-state index in [0.717, 1.165) is 28.8 Å². The first-order chi connectivity index (χ1) is 10.7. The minimum Gasteiger partial charge on any atom is -0.384 e. The molecule has 1 aromatic carbocycles. The number of rotatable bonds is 7. The highest BCUT2D eigenvalue weighted by Gasteiger charge is 2.09. The van der Waals surface area contributed by atoms with Crippen molar-refractivity contribution in [2.24, 2.45) is 0 Å². The minimum absolute atomic E-state index is 0.170. The van der Waals surface area contributed by atoms with Crippen LogP contribution in [0.1, 0.15) is 36.5 Å². The second-order valence-corrected chi connectivity index (χ2v) is 5.88. The van der Waals surface area contributed by atoms with Gasteiger partial charge in [-0.2, -0.15) is 0 Å². The Balaban J connectivity index is 1.99. The molecule has 2 rings (SSSR count). The monoisotopic (exact) mass is 361 g/mol. The molecule has 1 aromatic heterocycles. The zero-order valence-electron chi connectivity index (χ0n) is 12.6. The maximum Gasteiger partial charge on any atom is 0.257 e. The van der Waals surface area contributed by atoms with Gasteiger partial charge in [-0.15, -0.1) is 0 Å². The van der Waals surface area contributed by atoms with Crippen LogP contribution in [0.2, 0.25) is 0 Å². The molecule has 2 aromatic rings. The van der Waals surface area contributed by atoms with Crippen molar-refractivity contribution in [3.63, 3.8) is 0 Å². The zero-order chi connectivity index (χ0) is 15.8. The van der Waals surface area contributed by atoms with Crippen LogP contribution in [0.4, 0.5) is 11.4 Å². The molecule has 5 heteroatoms. The smallest absolute Gasteiger partial charge is 0.257 e. The molecular formula is C17H20BrN3O. The van der Waals surface area contributed by atoms with Crippen molar-refractivity contribution in [2.75, 3.05) is 17.2 Å². The van der Waals surface area contributed by atoms with E-state index >= 15 is 0 Å². The van der Waals surface area contributed by atoms with Gasteiger partial charge in [0, 0.05) is 23.4 Å². The maximum absolute atomic E-state index is 12.3. The average molecular weight is 362 g/mol. The number of amides is 1. The molecule has 2 N–H and O–H groups in total. The van der Waals surface area contributed by atoms with Crippen molar-refractivity contribution < 1.29 is 4.79 Å². The Morgan fingerprint density at radius 3 is 2.82 bits per heavy atom. The normalized spacial score (nSPS) is 10.3. The number of unbranched alkanes of at least 4 members (excludes halogenated alkanes) is 2. The average Bonchev–Trinajstić information content (AvgIpc) is 2.54. The van der Waals surface area contributed by atoms with Crippen LogP contribution in [0, 0.1) is 0 Å². The Hall–Kier alpha value is -1.88. The van der Waals surface area contributed by atoms with Gasteiger partial charge in [-0.25, -0.2) is 0 Å². The van der Waals surface area contributed by atoms with Crippen LogP contribution in [0.25, 0.3) is 0 Å². The van der Waals surface area contributed by atoms with E-state index in [1.54, 1.807) is 12.4 Å². The summed E-state index contributed by atoms with van der Waals surface area (Å²) in [6.07, 6.45) is 6.81. The maximum atomic E-state index is 12.3. The number of benzene rings is 1. The van der Waals surface area contributed by atoms with E-state index in [1.807, 2.05) is 30.3 Å². The fraction of sp³-hybridized carbons (Fsp3) is 0.294. The van der Waals surface area contributed by atoms with Crippen LogP contribution in [-0.2, 0) is 0 Å². The van der Waals surface area contributed by atoms with E-state index in [-0.39, 0.29) is 5.91 Å². The highest BCUT2D eigenvalue weighted by molar-refractivity contribution is 9.10. The van der Waals surface area contributed by atoms with E-state index in [2.05, 4.69) is 38.5 Å². The molecule has 4 nitrogen and oxygen atoms in total. The Kier molecular flexibility index (Phi) is 6.40. The molecule has 0 saturated carbocycles. The number of nitrogens with one attached hydrogen (secondary N) is 2. The molecule has 0 saturated heterocycles. The van der Waals surface area contributed by atoms with E-state index in [4.69, 9.17) is 0 Å². The van der Waals surface area contributed by atoms with E-state index in [0.29, 0.717) is 5.56 Å². The summed E-state index contributed by atoms with van der Waals surface area (Å²) in [4.78, 5) is 16.4. The van der Waals surface area contributed by atoms with Crippen LogP contribution in [0.5, 0.6) is 0 Å². The fourth-order valence-electron chi connectivity index (χ4n) is 2.03. The first-order valence-electron chi connectivity index (χ1n) is 7.45. The van der Waals surface area contributed by atoms with Gasteiger partial charge in [0.15, 0.2) is 0 Å². The molecule has 116 valence electrons. The predicted molar refractivity (Wildman–Crippen MR) is 94.3 cm³/mol. The highest BCUT2D eigenvalue weighted by Crippen LogP contribution is 2.22. The number of carbonyl (C=O) groups excluding carboxylic acids is 1. The molecule has 0 radical (unpaired) electrons. The molecule has 0 aliphatic carbocycles. The topological polar surface area (TPSA) is 54.0 Å². The van der Waals surface area contributed by atoms with E-state index in [9.17, 15) is 4.79 Å². The van der Waals surface area contributed by atoms with Crippen LogP contribution in [-0.4, -0.2) is 17.4 Å². The number of hydrogen-bond acceptors (Lipinski definition) is 3. The van der Waals surface area contributed by atoms with Gasteiger partial charge in [0.05, 0.1) is 16.9 Å². The SMILES string of the molecule is CCCCCNc1cncc(C(=O)Nc2ccccc2Br)c1. The Morgan fingerprint density at radius 1 is 1.23 bits per heavy atom. The Labute approximate surface area is 139 Å². The summed E-state index contributed by atoms with van der Waals surface area (Å²) in [5, 5.41) is 6.17. The molecule has 0 spiro atoms. The number of pyridine rings is 1. The van der Waals surface area contributed by atoms with Gasteiger partial charge in [-0.05, 0) is 40.5 Å². The summed E-state index contributed by atoms with van der Waals surface area (Å²) in [5.41, 5.74) is 2.15. The third-order valence-corrected chi connectivity index (χ3v) is 3.92. The molecule has 0 unspecified atom stereocenters. The third kappa shape index (κ3) is 4.84. The lowest BCUT2D eigenvalue weighted by Gasteiger charge is -2.09. The van der Waals surface area contributed by atoms with E-state index < -0.39 is 0 Å². The van der Waals surface area contributed by atoms with Gasteiger partial charge >= 0.3 is 0 Å².